The molecule has 0 aliphatic carbocycles. The van der Waals surface area contributed by atoms with Crippen LogP contribution in [0.5, 0.6) is 0 Å². The Labute approximate surface area is 263 Å². The van der Waals surface area contributed by atoms with Crippen LogP contribution in [0, 0.1) is 18.3 Å². The molecule has 2 aromatic heterocycles. The molecule has 9 rings (SSSR count). The van der Waals surface area contributed by atoms with Gasteiger partial charge in [0, 0.05) is 27.2 Å². The van der Waals surface area contributed by atoms with Gasteiger partial charge in [0.25, 0.3) is 11.8 Å². The third-order valence-corrected chi connectivity index (χ3v) is 9.14. The number of hydrogen-bond acceptors (Lipinski definition) is 3. The minimum absolute atomic E-state index is 0.371. The molecule has 1 aliphatic rings. The van der Waals surface area contributed by atoms with E-state index in [9.17, 15) is 14.9 Å². The van der Waals surface area contributed by atoms with Crippen LogP contribution in [0.1, 0.15) is 31.8 Å². The number of anilines is 1. The number of nitrogens with zero attached hydrogens (tertiary/aromatic N) is 4. The predicted octanol–water partition coefficient (Wildman–Crippen LogP) is 8.86. The first-order valence-electron chi connectivity index (χ1n) is 15.1. The highest BCUT2D eigenvalue weighted by atomic mass is 16.2. The van der Waals surface area contributed by atoms with E-state index >= 15 is 0 Å². The number of imide groups is 1. The molecule has 6 heteroatoms. The Balaban J connectivity index is 1.39. The van der Waals surface area contributed by atoms with Gasteiger partial charge in [-0.05, 0) is 73.7 Å². The molecule has 6 aromatic carbocycles. The largest absolute Gasteiger partial charge is 0.309 e. The second-order valence-corrected chi connectivity index (χ2v) is 11.7. The van der Waals surface area contributed by atoms with E-state index in [0.717, 1.165) is 49.3 Å². The Morgan fingerprint density at radius 1 is 0.522 bits per heavy atom. The third-order valence-electron chi connectivity index (χ3n) is 9.14. The van der Waals surface area contributed by atoms with E-state index in [1.807, 2.05) is 18.2 Å². The smallest absolute Gasteiger partial charge is 0.266 e. The highest BCUT2D eigenvalue weighted by molar-refractivity contribution is 6.35. The summed E-state index contributed by atoms with van der Waals surface area (Å²) in [7, 11) is 0. The maximum atomic E-state index is 13.7. The van der Waals surface area contributed by atoms with Gasteiger partial charge < -0.3 is 9.13 Å². The van der Waals surface area contributed by atoms with Gasteiger partial charge in [0.15, 0.2) is 0 Å². The summed E-state index contributed by atoms with van der Waals surface area (Å²) >= 11 is 0. The van der Waals surface area contributed by atoms with Crippen molar-refractivity contribution in [2.45, 2.75) is 6.92 Å². The molecule has 0 atom stereocenters. The van der Waals surface area contributed by atoms with Crippen LogP contribution in [0.3, 0.4) is 0 Å². The molecular formula is C40H24N4O2. The molecule has 46 heavy (non-hydrogen) atoms. The molecule has 8 aromatic rings. The number of nitriles is 1. The van der Waals surface area contributed by atoms with Crippen molar-refractivity contribution in [3.8, 4) is 17.4 Å². The molecule has 0 fully saturated rings. The summed E-state index contributed by atoms with van der Waals surface area (Å²) in [4.78, 5) is 28.7. The quantitative estimate of drug-likeness (QED) is 0.192. The van der Waals surface area contributed by atoms with Crippen molar-refractivity contribution in [3.63, 3.8) is 0 Å². The van der Waals surface area contributed by atoms with Gasteiger partial charge in [0.1, 0.15) is 0 Å². The van der Waals surface area contributed by atoms with Crippen molar-refractivity contribution in [2.75, 3.05) is 4.90 Å². The molecule has 2 amide bonds. The standard InChI is InChI=1S/C40H24N4O2/c1-24-14-17-26(18-15-24)42-33-12-6-4-8-27(33)31-22-37-32(21-36(31)42)28-9-5-7-13-34(28)43(37)38-20-25(23-41)16-19-35(38)44-39(45)29-10-2-3-11-30(29)40(44)46/h2-22H,1H3. The summed E-state index contributed by atoms with van der Waals surface area (Å²) in [5.74, 6) is -0.758. The first-order chi connectivity index (χ1) is 22.5. The molecule has 3 heterocycles. The fraction of sp³-hybridized carbons (Fsp3) is 0.0250. The number of carbonyl (C=O) groups is 2. The fourth-order valence-electron chi connectivity index (χ4n) is 7.03. The van der Waals surface area contributed by atoms with Crippen LogP contribution in [0.25, 0.3) is 55.0 Å². The normalized spacial score (nSPS) is 12.9. The van der Waals surface area contributed by atoms with Gasteiger partial charge in [-0.15, -0.1) is 0 Å². The van der Waals surface area contributed by atoms with Crippen LogP contribution in [-0.4, -0.2) is 20.9 Å². The van der Waals surface area contributed by atoms with Crippen LogP contribution in [0.15, 0.2) is 127 Å². The summed E-state index contributed by atoms with van der Waals surface area (Å²) in [6.07, 6.45) is 0. The number of carbonyl (C=O) groups excluding carboxylic acids is 2. The lowest BCUT2D eigenvalue weighted by molar-refractivity contribution is 0.0926. The number of aryl methyl sites for hydroxylation is 1. The van der Waals surface area contributed by atoms with Crippen molar-refractivity contribution >= 4 is 61.1 Å². The number of fused-ring (bicyclic) bond motifs is 7. The fourth-order valence-corrected chi connectivity index (χ4v) is 7.03. The van der Waals surface area contributed by atoms with Gasteiger partial charge in [-0.1, -0.05) is 66.2 Å². The van der Waals surface area contributed by atoms with Crippen molar-refractivity contribution in [1.82, 2.24) is 9.13 Å². The molecule has 0 unspecified atom stereocenters. The molecule has 0 bridgehead atoms. The van der Waals surface area contributed by atoms with Crippen LogP contribution in [0.2, 0.25) is 0 Å². The number of para-hydroxylation sites is 2. The van der Waals surface area contributed by atoms with Gasteiger partial charge in [-0.3, -0.25) is 9.59 Å². The van der Waals surface area contributed by atoms with E-state index in [0.29, 0.717) is 28.1 Å². The minimum atomic E-state index is -0.379. The van der Waals surface area contributed by atoms with E-state index in [4.69, 9.17) is 0 Å². The lowest BCUT2D eigenvalue weighted by atomic mass is 10.1. The van der Waals surface area contributed by atoms with Crippen molar-refractivity contribution in [2.24, 2.45) is 0 Å². The third kappa shape index (κ3) is 3.51. The van der Waals surface area contributed by atoms with Gasteiger partial charge in [0.05, 0.1) is 56.2 Å². The van der Waals surface area contributed by atoms with Crippen LogP contribution < -0.4 is 4.90 Å². The summed E-state index contributed by atoms with van der Waals surface area (Å²) in [6.45, 7) is 2.09. The minimum Gasteiger partial charge on any atom is -0.309 e. The Bertz CT molecular complexity index is 2620. The number of hydrogen-bond donors (Lipinski definition) is 0. The second-order valence-electron chi connectivity index (χ2n) is 11.7. The molecule has 0 saturated heterocycles. The van der Waals surface area contributed by atoms with Gasteiger partial charge in [-0.25, -0.2) is 4.90 Å². The Hall–Kier alpha value is -6.45. The zero-order valence-corrected chi connectivity index (χ0v) is 24.7. The van der Waals surface area contributed by atoms with E-state index in [2.05, 4.69) is 88.9 Å². The first-order valence-corrected chi connectivity index (χ1v) is 15.1. The zero-order chi connectivity index (χ0) is 31.1. The highest BCUT2D eigenvalue weighted by Gasteiger charge is 2.38. The van der Waals surface area contributed by atoms with E-state index < -0.39 is 0 Å². The predicted molar refractivity (Wildman–Crippen MR) is 182 cm³/mol. The topological polar surface area (TPSA) is 71.0 Å². The van der Waals surface area contributed by atoms with E-state index in [-0.39, 0.29) is 11.8 Å². The van der Waals surface area contributed by atoms with Crippen LogP contribution >= 0.6 is 0 Å². The molecule has 0 radical (unpaired) electrons. The van der Waals surface area contributed by atoms with Gasteiger partial charge in [0.2, 0.25) is 0 Å². The SMILES string of the molecule is Cc1ccc(-n2c3ccccc3c3cc4c(cc32)c2ccccc2n4-c2cc(C#N)ccc2N2C(=O)c3ccccc3C2=O)cc1. The van der Waals surface area contributed by atoms with Crippen molar-refractivity contribution in [1.29, 1.82) is 5.26 Å². The maximum Gasteiger partial charge on any atom is 0.266 e. The Morgan fingerprint density at radius 3 is 1.67 bits per heavy atom. The lowest BCUT2D eigenvalue weighted by Gasteiger charge is -2.20. The van der Waals surface area contributed by atoms with Crippen LogP contribution in [-0.2, 0) is 0 Å². The second kappa shape index (κ2) is 9.52. The summed E-state index contributed by atoms with van der Waals surface area (Å²) in [5, 5.41) is 14.2. The van der Waals surface area contributed by atoms with Crippen molar-refractivity contribution < 1.29 is 9.59 Å². The lowest BCUT2D eigenvalue weighted by Crippen LogP contribution is -2.30. The van der Waals surface area contributed by atoms with Crippen molar-refractivity contribution in [3.05, 3.63) is 150 Å². The highest BCUT2D eigenvalue weighted by Crippen LogP contribution is 2.42. The summed E-state index contributed by atoms with van der Waals surface area (Å²) in [6, 6.07) is 43.8. The number of benzene rings is 6. The van der Waals surface area contributed by atoms with Crippen LogP contribution in [0.4, 0.5) is 5.69 Å². The van der Waals surface area contributed by atoms with Gasteiger partial charge in [-0.2, -0.15) is 5.26 Å². The van der Waals surface area contributed by atoms with E-state index in [1.165, 1.54) is 10.5 Å². The average molecular weight is 593 g/mol. The maximum absolute atomic E-state index is 13.7. The molecule has 0 spiro atoms. The molecular weight excluding hydrogens is 568 g/mol. The number of aromatic nitrogens is 2. The summed E-state index contributed by atoms with van der Waals surface area (Å²) in [5.41, 5.74) is 8.45. The van der Waals surface area contributed by atoms with Gasteiger partial charge >= 0.3 is 0 Å². The Morgan fingerprint density at radius 2 is 1.07 bits per heavy atom. The number of amides is 2. The molecule has 6 nitrogen and oxygen atoms in total. The molecule has 0 N–H and O–H groups in total. The van der Waals surface area contributed by atoms with E-state index in [1.54, 1.807) is 42.5 Å². The zero-order valence-electron chi connectivity index (χ0n) is 24.7. The summed E-state index contributed by atoms with van der Waals surface area (Å²) < 4.78 is 4.39. The average Bonchev–Trinajstić information content (AvgIpc) is 3.68. The molecule has 1 aliphatic heterocycles. The Kier molecular flexibility index (Phi) is 5.38. The molecule has 0 saturated carbocycles. The number of rotatable bonds is 3. The first kappa shape index (κ1) is 26.0. The monoisotopic (exact) mass is 592 g/mol. The molecule has 216 valence electrons.